The van der Waals surface area contributed by atoms with Crippen LogP contribution >= 0.6 is 0 Å². The third kappa shape index (κ3) is 3.06. The fourth-order valence-electron chi connectivity index (χ4n) is 2.15. The van der Waals surface area contributed by atoms with Crippen LogP contribution in [0.1, 0.15) is 30.5 Å². The molecule has 0 fully saturated rings. The number of nitrogens with one attached hydrogen (secondary N) is 2. The van der Waals surface area contributed by atoms with Gasteiger partial charge in [-0.1, -0.05) is 32.0 Å². The van der Waals surface area contributed by atoms with Crippen LogP contribution in [0.3, 0.4) is 0 Å². The standard InChI is InChI=1S/C14H22N2/c1-11(2)8-16-9-12-3-4-14-10-15-6-5-13(14)7-12/h3-4,7,11,15-16H,5-6,8-10H2,1-2H3. The summed E-state index contributed by atoms with van der Waals surface area (Å²) in [6.45, 7) is 8.74. The molecule has 0 radical (unpaired) electrons. The molecule has 1 aromatic rings. The van der Waals surface area contributed by atoms with Crippen molar-refractivity contribution in [2.24, 2.45) is 5.92 Å². The number of hydrogen-bond acceptors (Lipinski definition) is 2. The Hall–Kier alpha value is -0.860. The van der Waals surface area contributed by atoms with Crippen LogP contribution in [0, 0.1) is 5.92 Å². The van der Waals surface area contributed by atoms with Crippen LogP contribution in [0.4, 0.5) is 0 Å². The van der Waals surface area contributed by atoms with Crippen LogP contribution in [0.5, 0.6) is 0 Å². The van der Waals surface area contributed by atoms with Crippen LogP contribution in [0.15, 0.2) is 18.2 Å². The molecule has 1 heterocycles. The minimum Gasteiger partial charge on any atom is -0.312 e. The molecule has 2 nitrogen and oxygen atoms in total. The Morgan fingerprint density at radius 2 is 2.19 bits per heavy atom. The van der Waals surface area contributed by atoms with E-state index in [1.807, 2.05) is 0 Å². The van der Waals surface area contributed by atoms with E-state index in [4.69, 9.17) is 0 Å². The van der Waals surface area contributed by atoms with Gasteiger partial charge in [-0.05, 0) is 42.1 Å². The summed E-state index contributed by atoms with van der Waals surface area (Å²) in [7, 11) is 0. The molecule has 16 heavy (non-hydrogen) atoms. The zero-order valence-corrected chi connectivity index (χ0v) is 10.3. The number of rotatable bonds is 4. The van der Waals surface area contributed by atoms with Crippen molar-refractivity contribution in [1.82, 2.24) is 10.6 Å². The summed E-state index contributed by atoms with van der Waals surface area (Å²) in [5, 5.41) is 6.90. The highest BCUT2D eigenvalue weighted by Gasteiger charge is 2.08. The Morgan fingerprint density at radius 3 is 3.00 bits per heavy atom. The second kappa shape index (κ2) is 5.46. The molecule has 1 aliphatic heterocycles. The van der Waals surface area contributed by atoms with Crippen molar-refractivity contribution >= 4 is 0 Å². The van der Waals surface area contributed by atoms with Crippen molar-refractivity contribution in [2.75, 3.05) is 13.1 Å². The van der Waals surface area contributed by atoms with Gasteiger partial charge in [0.2, 0.25) is 0 Å². The first-order valence-electron chi connectivity index (χ1n) is 6.28. The average molecular weight is 218 g/mol. The van der Waals surface area contributed by atoms with Gasteiger partial charge in [0.15, 0.2) is 0 Å². The zero-order chi connectivity index (χ0) is 11.4. The third-order valence-corrected chi connectivity index (χ3v) is 3.04. The Kier molecular flexibility index (Phi) is 3.97. The number of hydrogen-bond donors (Lipinski definition) is 2. The quantitative estimate of drug-likeness (QED) is 0.808. The molecule has 2 N–H and O–H groups in total. The predicted octanol–water partition coefficient (Wildman–Crippen LogP) is 2.08. The van der Waals surface area contributed by atoms with Gasteiger partial charge < -0.3 is 10.6 Å². The van der Waals surface area contributed by atoms with Crippen LogP contribution < -0.4 is 10.6 Å². The lowest BCUT2D eigenvalue weighted by molar-refractivity contribution is 0.551. The highest BCUT2D eigenvalue weighted by molar-refractivity contribution is 5.33. The Labute approximate surface area is 98.4 Å². The van der Waals surface area contributed by atoms with Crippen molar-refractivity contribution in [2.45, 2.75) is 33.4 Å². The monoisotopic (exact) mass is 218 g/mol. The summed E-state index contributed by atoms with van der Waals surface area (Å²) in [4.78, 5) is 0. The highest BCUT2D eigenvalue weighted by Crippen LogP contribution is 2.15. The van der Waals surface area contributed by atoms with E-state index in [1.165, 1.54) is 23.1 Å². The van der Waals surface area contributed by atoms with E-state index in [-0.39, 0.29) is 0 Å². The first-order chi connectivity index (χ1) is 7.75. The molecular formula is C14H22N2. The molecule has 0 spiro atoms. The summed E-state index contributed by atoms with van der Waals surface area (Å²) < 4.78 is 0. The normalized spacial score (nSPS) is 15.2. The molecule has 0 atom stereocenters. The lowest BCUT2D eigenvalue weighted by Crippen LogP contribution is -2.24. The Bertz CT molecular complexity index is 345. The lowest BCUT2D eigenvalue weighted by Gasteiger charge is -2.18. The van der Waals surface area contributed by atoms with Crippen molar-refractivity contribution in [1.29, 1.82) is 0 Å². The van der Waals surface area contributed by atoms with Gasteiger partial charge in [0.1, 0.15) is 0 Å². The molecule has 1 aromatic carbocycles. The maximum absolute atomic E-state index is 3.49. The van der Waals surface area contributed by atoms with E-state index < -0.39 is 0 Å². The van der Waals surface area contributed by atoms with Crippen LogP contribution in [-0.2, 0) is 19.5 Å². The largest absolute Gasteiger partial charge is 0.312 e. The molecule has 2 rings (SSSR count). The van der Waals surface area contributed by atoms with E-state index in [9.17, 15) is 0 Å². The molecule has 2 heteroatoms. The summed E-state index contributed by atoms with van der Waals surface area (Å²) in [5.74, 6) is 0.724. The number of fused-ring (bicyclic) bond motifs is 1. The molecule has 0 saturated heterocycles. The average Bonchev–Trinajstić information content (AvgIpc) is 2.28. The van der Waals surface area contributed by atoms with Gasteiger partial charge in [0, 0.05) is 13.1 Å². The fraction of sp³-hybridized carbons (Fsp3) is 0.571. The summed E-state index contributed by atoms with van der Waals surface area (Å²) in [6, 6.07) is 6.89. The molecule has 0 aliphatic carbocycles. The smallest absolute Gasteiger partial charge is 0.0208 e. The second-order valence-corrected chi connectivity index (χ2v) is 5.05. The summed E-state index contributed by atoms with van der Waals surface area (Å²) in [6.07, 6.45) is 1.17. The fourth-order valence-corrected chi connectivity index (χ4v) is 2.15. The van der Waals surface area contributed by atoms with E-state index in [0.29, 0.717) is 0 Å². The van der Waals surface area contributed by atoms with Crippen molar-refractivity contribution in [3.05, 3.63) is 34.9 Å². The van der Waals surface area contributed by atoms with Gasteiger partial charge in [-0.25, -0.2) is 0 Å². The molecule has 0 aromatic heterocycles. The van der Waals surface area contributed by atoms with E-state index in [0.717, 1.165) is 32.1 Å². The molecule has 0 saturated carbocycles. The van der Waals surface area contributed by atoms with E-state index in [2.05, 4.69) is 42.7 Å². The maximum Gasteiger partial charge on any atom is 0.0208 e. The highest BCUT2D eigenvalue weighted by atomic mass is 14.9. The molecule has 0 bridgehead atoms. The second-order valence-electron chi connectivity index (χ2n) is 5.05. The molecule has 1 aliphatic rings. The minimum atomic E-state index is 0.724. The Morgan fingerprint density at radius 1 is 1.31 bits per heavy atom. The van der Waals surface area contributed by atoms with E-state index >= 15 is 0 Å². The van der Waals surface area contributed by atoms with Crippen LogP contribution in [0.25, 0.3) is 0 Å². The van der Waals surface area contributed by atoms with Gasteiger partial charge in [-0.2, -0.15) is 0 Å². The Balaban J connectivity index is 1.95. The third-order valence-electron chi connectivity index (χ3n) is 3.04. The van der Waals surface area contributed by atoms with Gasteiger partial charge in [0.05, 0.1) is 0 Å². The first kappa shape index (κ1) is 11.6. The van der Waals surface area contributed by atoms with Gasteiger partial charge >= 0.3 is 0 Å². The van der Waals surface area contributed by atoms with Gasteiger partial charge in [-0.15, -0.1) is 0 Å². The zero-order valence-electron chi connectivity index (χ0n) is 10.3. The topological polar surface area (TPSA) is 24.1 Å². The first-order valence-corrected chi connectivity index (χ1v) is 6.28. The maximum atomic E-state index is 3.49. The van der Waals surface area contributed by atoms with Gasteiger partial charge in [-0.3, -0.25) is 0 Å². The lowest BCUT2D eigenvalue weighted by atomic mass is 9.98. The molecule has 0 unspecified atom stereocenters. The molecular weight excluding hydrogens is 196 g/mol. The SMILES string of the molecule is CC(C)CNCc1ccc2c(c1)CCNC2. The van der Waals surface area contributed by atoms with Crippen molar-refractivity contribution < 1.29 is 0 Å². The van der Waals surface area contributed by atoms with Crippen LogP contribution in [0.2, 0.25) is 0 Å². The summed E-state index contributed by atoms with van der Waals surface area (Å²) in [5.41, 5.74) is 4.42. The number of benzene rings is 1. The van der Waals surface area contributed by atoms with Gasteiger partial charge in [0.25, 0.3) is 0 Å². The van der Waals surface area contributed by atoms with Crippen molar-refractivity contribution in [3.8, 4) is 0 Å². The van der Waals surface area contributed by atoms with E-state index in [1.54, 1.807) is 0 Å². The summed E-state index contributed by atoms with van der Waals surface area (Å²) >= 11 is 0. The predicted molar refractivity (Wildman–Crippen MR) is 68.4 cm³/mol. The molecule has 88 valence electrons. The molecule has 0 amide bonds. The van der Waals surface area contributed by atoms with Crippen LogP contribution in [-0.4, -0.2) is 13.1 Å². The minimum absolute atomic E-state index is 0.724. The van der Waals surface area contributed by atoms with Crippen molar-refractivity contribution in [3.63, 3.8) is 0 Å².